The van der Waals surface area contributed by atoms with Gasteiger partial charge in [-0.15, -0.1) is 11.6 Å². The number of alkyl halides is 1. The smallest absolute Gasteiger partial charge is 0.329 e. The van der Waals surface area contributed by atoms with Crippen LogP contribution < -0.4 is 16.3 Å². The van der Waals surface area contributed by atoms with E-state index in [2.05, 4.69) is 10.6 Å². The Morgan fingerprint density at radius 1 is 1.21 bits per heavy atom. The molecule has 9 heteroatoms. The van der Waals surface area contributed by atoms with E-state index in [-0.39, 0.29) is 29.8 Å². The molecule has 2 N–H and O–H groups in total. The van der Waals surface area contributed by atoms with Crippen LogP contribution in [0.5, 0.6) is 0 Å². The van der Waals surface area contributed by atoms with Crippen LogP contribution in [0, 0.1) is 0 Å². The van der Waals surface area contributed by atoms with E-state index in [4.69, 9.17) is 11.6 Å². The SMILES string of the molecule is Cn1c(=O)n(C2CCC(=O)NC2=O)c2ccc(CCCCCNC(=O)CCl)cc21. The van der Waals surface area contributed by atoms with Crippen LogP contribution >= 0.6 is 11.6 Å². The minimum Gasteiger partial charge on any atom is -0.355 e. The number of unbranched alkanes of at least 4 members (excludes halogenated alkanes) is 2. The molecule has 0 saturated carbocycles. The summed E-state index contributed by atoms with van der Waals surface area (Å²) in [5.41, 5.74) is 2.31. The minimum absolute atomic E-state index is 0.0167. The van der Waals surface area contributed by atoms with Gasteiger partial charge in [0.2, 0.25) is 17.7 Å². The summed E-state index contributed by atoms with van der Waals surface area (Å²) in [6.45, 7) is 0.619. The van der Waals surface area contributed by atoms with E-state index in [1.54, 1.807) is 11.6 Å². The van der Waals surface area contributed by atoms with E-state index >= 15 is 0 Å². The monoisotopic (exact) mass is 420 g/mol. The second kappa shape index (κ2) is 9.26. The zero-order chi connectivity index (χ0) is 21.0. The van der Waals surface area contributed by atoms with Gasteiger partial charge in [0.1, 0.15) is 11.9 Å². The highest BCUT2D eigenvalue weighted by atomic mass is 35.5. The van der Waals surface area contributed by atoms with Crippen LogP contribution in [0.15, 0.2) is 23.0 Å². The van der Waals surface area contributed by atoms with Crippen molar-refractivity contribution in [1.82, 2.24) is 19.8 Å². The Kier molecular flexibility index (Phi) is 6.74. The van der Waals surface area contributed by atoms with Gasteiger partial charge < -0.3 is 5.32 Å². The van der Waals surface area contributed by atoms with Gasteiger partial charge in [0.25, 0.3) is 0 Å². The molecule has 1 fully saturated rings. The number of piperidine rings is 1. The zero-order valence-electron chi connectivity index (χ0n) is 16.4. The molecule has 0 spiro atoms. The number of carbonyl (C=O) groups excluding carboxylic acids is 3. The molecule has 8 nitrogen and oxygen atoms in total. The number of hydrogen-bond acceptors (Lipinski definition) is 4. The third kappa shape index (κ3) is 4.70. The number of halogens is 1. The van der Waals surface area contributed by atoms with E-state index in [0.29, 0.717) is 18.5 Å². The lowest BCUT2D eigenvalue weighted by molar-refractivity contribution is -0.135. The summed E-state index contributed by atoms with van der Waals surface area (Å²) in [6, 6.07) is 5.16. The van der Waals surface area contributed by atoms with Gasteiger partial charge in [-0.2, -0.15) is 0 Å². The first-order valence-electron chi connectivity index (χ1n) is 9.78. The fourth-order valence-electron chi connectivity index (χ4n) is 3.70. The fourth-order valence-corrected chi connectivity index (χ4v) is 3.79. The van der Waals surface area contributed by atoms with Crippen molar-refractivity contribution in [3.8, 4) is 0 Å². The molecule has 1 atom stereocenters. The quantitative estimate of drug-likeness (QED) is 0.382. The lowest BCUT2D eigenvalue weighted by Crippen LogP contribution is -2.44. The first-order chi connectivity index (χ1) is 13.9. The largest absolute Gasteiger partial charge is 0.355 e. The first kappa shape index (κ1) is 21.1. The highest BCUT2D eigenvalue weighted by Crippen LogP contribution is 2.24. The highest BCUT2D eigenvalue weighted by molar-refractivity contribution is 6.27. The summed E-state index contributed by atoms with van der Waals surface area (Å²) >= 11 is 5.43. The molecule has 1 saturated heterocycles. The lowest BCUT2D eigenvalue weighted by atomic mass is 10.0. The molecule has 1 aliphatic rings. The lowest BCUT2D eigenvalue weighted by Gasteiger charge is -2.21. The van der Waals surface area contributed by atoms with E-state index < -0.39 is 11.9 Å². The molecule has 2 heterocycles. The molecule has 3 rings (SSSR count). The van der Waals surface area contributed by atoms with Crippen LogP contribution in [0.4, 0.5) is 0 Å². The molecule has 2 aromatic rings. The number of carbonyl (C=O) groups is 3. The first-order valence-corrected chi connectivity index (χ1v) is 10.3. The maximum Gasteiger partial charge on any atom is 0.329 e. The number of nitrogens with zero attached hydrogens (tertiary/aromatic N) is 2. The summed E-state index contributed by atoms with van der Waals surface area (Å²) in [7, 11) is 1.69. The molecule has 29 heavy (non-hydrogen) atoms. The summed E-state index contributed by atoms with van der Waals surface area (Å²) in [5, 5.41) is 5.06. The number of aryl methyl sites for hydroxylation is 2. The topological polar surface area (TPSA) is 102 Å². The van der Waals surface area contributed by atoms with Crippen molar-refractivity contribution in [2.45, 2.75) is 44.6 Å². The van der Waals surface area contributed by atoms with Gasteiger partial charge in [-0.1, -0.05) is 12.5 Å². The maximum absolute atomic E-state index is 12.8. The van der Waals surface area contributed by atoms with Gasteiger partial charge in [0, 0.05) is 20.0 Å². The summed E-state index contributed by atoms with van der Waals surface area (Å²) in [6.07, 6.45) is 4.22. The normalized spacial score (nSPS) is 16.8. The molecule has 0 radical (unpaired) electrons. The third-order valence-corrected chi connectivity index (χ3v) is 5.50. The van der Waals surface area contributed by atoms with Crippen molar-refractivity contribution in [1.29, 1.82) is 0 Å². The minimum atomic E-state index is -0.669. The van der Waals surface area contributed by atoms with Gasteiger partial charge in [0.05, 0.1) is 11.0 Å². The van der Waals surface area contributed by atoms with Gasteiger partial charge in [-0.3, -0.25) is 28.8 Å². The second-order valence-electron chi connectivity index (χ2n) is 7.30. The Labute approximate surface area is 173 Å². The van der Waals surface area contributed by atoms with E-state index in [1.807, 2.05) is 18.2 Å². The molecule has 3 amide bonds. The van der Waals surface area contributed by atoms with E-state index in [1.165, 1.54) is 4.57 Å². The molecule has 1 unspecified atom stereocenters. The second-order valence-corrected chi connectivity index (χ2v) is 7.56. The van der Waals surface area contributed by atoms with Crippen molar-refractivity contribution < 1.29 is 14.4 Å². The average molecular weight is 421 g/mol. The van der Waals surface area contributed by atoms with Crippen molar-refractivity contribution in [3.05, 3.63) is 34.2 Å². The number of hydrogen-bond donors (Lipinski definition) is 2. The van der Waals surface area contributed by atoms with Crippen LogP contribution in [0.25, 0.3) is 11.0 Å². The Balaban J connectivity index is 1.69. The summed E-state index contributed by atoms with van der Waals surface area (Å²) in [5.74, 6) is -0.902. The molecule has 0 aliphatic carbocycles. The Morgan fingerprint density at radius 3 is 2.72 bits per heavy atom. The van der Waals surface area contributed by atoms with E-state index in [9.17, 15) is 19.2 Å². The predicted molar refractivity (Wildman–Crippen MR) is 110 cm³/mol. The summed E-state index contributed by atoms with van der Waals surface area (Å²) in [4.78, 5) is 47.5. The number of benzene rings is 1. The molecule has 1 aromatic carbocycles. The number of amides is 3. The number of aromatic nitrogens is 2. The number of rotatable bonds is 8. The third-order valence-electron chi connectivity index (χ3n) is 5.26. The van der Waals surface area contributed by atoms with E-state index in [0.717, 1.165) is 36.8 Å². The van der Waals surface area contributed by atoms with Crippen LogP contribution in [-0.2, 0) is 27.9 Å². The fraction of sp³-hybridized carbons (Fsp3) is 0.500. The Morgan fingerprint density at radius 2 is 2.00 bits per heavy atom. The number of fused-ring (bicyclic) bond motifs is 1. The molecule has 0 bridgehead atoms. The number of imidazole rings is 1. The molecular weight excluding hydrogens is 396 g/mol. The van der Waals surface area contributed by atoms with Crippen LogP contribution in [-0.4, -0.2) is 39.3 Å². The molecular formula is C20H25ClN4O4. The highest BCUT2D eigenvalue weighted by Gasteiger charge is 2.31. The van der Waals surface area contributed by atoms with Crippen LogP contribution in [0.1, 0.15) is 43.7 Å². The predicted octanol–water partition coefficient (Wildman–Crippen LogP) is 1.39. The zero-order valence-corrected chi connectivity index (χ0v) is 17.1. The summed E-state index contributed by atoms with van der Waals surface area (Å²) < 4.78 is 3.03. The van der Waals surface area contributed by atoms with Crippen molar-refractivity contribution in [2.75, 3.05) is 12.4 Å². The van der Waals surface area contributed by atoms with Crippen LogP contribution in [0.2, 0.25) is 0 Å². The number of nitrogens with one attached hydrogen (secondary N) is 2. The number of imide groups is 1. The van der Waals surface area contributed by atoms with Gasteiger partial charge in [-0.25, -0.2) is 4.79 Å². The molecule has 1 aliphatic heterocycles. The maximum atomic E-state index is 12.8. The van der Waals surface area contributed by atoms with Crippen molar-refractivity contribution in [2.24, 2.45) is 7.05 Å². The average Bonchev–Trinajstić information content (AvgIpc) is 2.95. The molecule has 156 valence electrons. The molecule has 1 aromatic heterocycles. The Bertz CT molecular complexity index is 994. The van der Waals surface area contributed by atoms with Gasteiger partial charge in [0.15, 0.2) is 0 Å². The van der Waals surface area contributed by atoms with Crippen molar-refractivity contribution in [3.63, 3.8) is 0 Å². The van der Waals surface area contributed by atoms with Crippen molar-refractivity contribution >= 4 is 40.4 Å². The Hall–Kier alpha value is -2.61. The van der Waals surface area contributed by atoms with Gasteiger partial charge >= 0.3 is 5.69 Å². The van der Waals surface area contributed by atoms with Crippen LogP contribution in [0.3, 0.4) is 0 Å². The standard InChI is InChI=1S/C20H25ClN4O4/c1-24-16-11-13(5-3-2-4-10-22-18(27)12-21)6-7-14(16)25(20(24)29)15-8-9-17(26)23-19(15)28/h6-7,11,15H,2-5,8-10,12H2,1H3,(H,22,27)(H,23,26,28). The van der Waals surface area contributed by atoms with Gasteiger partial charge in [-0.05, 0) is 43.4 Å².